The number of rotatable bonds is 7. The molecule has 0 saturated carbocycles. The summed E-state index contributed by atoms with van der Waals surface area (Å²) in [6.45, 7) is 5.86. The molecule has 2 rings (SSSR count). The topological polar surface area (TPSA) is 45.2 Å². The molecule has 2 aromatic rings. The van der Waals surface area contributed by atoms with Crippen LogP contribution >= 0.6 is 22.9 Å². The van der Waals surface area contributed by atoms with Crippen molar-refractivity contribution in [1.29, 1.82) is 0 Å². The van der Waals surface area contributed by atoms with Gasteiger partial charge in [0.2, 0.25) is 0 Å². The molecule has 1 N–H and O–H groups in total. The van der Waals surface area contributed by atoms with E-state index in [0.717, 1.165) is 29.1 Å². The van der Waals surface area contributed by atoms with Crippen molar-refractivity contribution in [3.8, 4) is 0 Å². The maximum absolute atomic E-state index is 12.4. The number of halogens is 1. The average Bonchev–Trinajstić information content (AvgIpc) is 3.00. The van der Waals surface area contributed by atoms with E-state index in [-0.39, 0.29) is 6.03 Å². The highest BCUT2D eigenvalue weighted by Gasteiger charge is 2.13. The highest BCUT2D eigenvalue weighted by Crippen LogP contribution is 2.14. The molecule has 1 aromatic carbocycles. The number of benzene rings is 1. The van der Waals surface area contributed by atoms with Crippen LogP contribution in [-0.2, 0) is 19.5 Å². The van der Waals surface area contributed by atoms with Crippen LogP contribution in [0.1, 0.15) is 36.5 Å². The number of hydrogen-bond donors (Lipinski definition) is 1. The fourth-order valence-corrected chi connectivity index (χ4v) is 3.21. The predicted octanol–water partition coefficient (Wildman–Crippen LogP) is 4.48. The second kappa shape index (κ2) is 8.89. The number of thiazole rings is 1. The van der Waals surface area contributed by atoms with Crippen molar-refractivity contribution in [2.24, 2.45) is 0 Å². The van der Waals surface area contributed by atoms with E-state index in [1.807, 2.05) is 29.6 Å². The number of aromatic nitrogens is 1. The highest BCUT2D eigenvalue weighted by molar-refractivity contribution is 7.09. The molecule has 0 aliphatic rings. The van der Waals surface area contributed by atoms with Crippen LogP contribution in [0.5, 0.6) is 0 Å². The van der Waals surface area contributed by atoms with Crippen molar-refractivity contribution in [1.82, 2.24) is 15.2 Å². The number of nitrogens with zero attached hydrogens (tertiary/aromatic N) is 2. The van der Waals surface area contributed by atoms with Crippen LogP contribution < -0.4 is 5.32 Å². The van der Waals surface area contributed by atoms with Crippen molar-refractivity contribution in [3.63, 3.8) is 0 Å². The standard InChI is InChI=1S/C17H22ClN3OS/c1-3-8-21(11-13-6-5-7-14(18)9-13)17(22)19-10-15-12-23-16(4-2)20-15/h5-7,9,12H,3-4,8,10-11H2,1-2H3,(H,19,22). The van der Waals surface area contributed by atoms with Gasteiger partial charge >= 0.3 is 6.03 Å². The lowest BCUT2D eigenvalue weighted by atomic mass is 10.2. The number of amides is 2. The van der Waals surface area contributed by atoms with Crippen molar-refractivity contribution < 1.29 is 4.79 Å². The minimum Gasteiger partial charge on any atom is -0.332 e. The molecule has 0 spiro atoms. The minimum atomic E-state index is -0.0714. The number of nitrogens with one attached hydrogen (secondary N) is 1. The third kappa shape index (κ3) is 5.52. The molecule has 1 heterocycles. The first-order valence-corrected chi connectivity index (χ1v) is 9.08. The number of urea groups is 1. The molecular weight excluding hydrogens is 330 g/mol. The van der Waals surface area contributed by atoms with E-state index in [1.54, 1.807) is 16.2 Å². The molecule has 4 nitrogen and oxygen atoms in total. The first-order valence-electron chi connectivity index (χ1n) is 7.82. The Balaban J connectivity index is 1.94. The summed E-state index contributed by atoms with van der Waals surface area (Å²) >= 11 is 7.65. The molecule has 0 bridgehead atoms. The Kier molecular flexibility index (Phi) is 6.86. The summed E-state index contributed by atoms with van der Waals surface area (Å²) in [5.41, 5.74) is 1.95. The van der Waals surface area contributed by atoms with Gasteiger partial charge in [-0.2, -0.15) is 0 Å². The lowest BCUT2D eigenvalue weighted by Gasteiger charge is -2.22. The molecule has 0 fully saturated rings. The largest absolute Gasteiger partial charge is 0.332 e. The number of carbonyl (C=O) groups is 1. The lowest BCUT2D eigenvalue weighted by molar-refractivity contribution is 0.194. The van der Waals surface area contributed by atoms with E-state index in [2.05, 4.69) is 24.1 Å². The van der Waals surface area contributed by atoms with Gasteiger partial charge < -0.3 is 10.2 Å². The van der Waals surface area contributed by atoms with E-state index in [9.17, 15) is 4.79 Å². The molecule has 0 radical (unpaired) electrons. The summed E-state index contributed by atoms with van der Waals surface area (Å²) in [4.78, 5) is 18.7. The third-order valence-electron chi connectivity index (χ3n) is 3.37. The van der Waals surface area contributed by atoms with Crippen LogP contribution in [0.4, 0.5) is 4.79 Å². The van der Waals surface area contributed by atoms with Gasteiger partial charge in [0, 0.05) is 23.5 Å². The maximum atomic E-state index is 12.4. The molecule has 6 heteroatoms. The smallest absolute Gasteiger partial charge is 0.318 e. The number of hydrogen-bond acceptors (Lipinski definition) is 3. The fourth-order valence-electron chi connectivity index (χ4n) is 2.25. The predicted molar refractivity (Wildman–Crippen MR) is 95.9 cm³/mol. The first-order chi connectivity index (χ1) is 11.1. The average molecular weight is 352 g/mol. The Hall–Kier alpha value is -1.59. The van der Waals surface area contributed by atoms with Crippen LogP contribution in [0, 0.1) is 0 Å². The van der Waals surface area contributed by atoms with Gasteiger partial charge in [0.25, 0.3) is 0 Å². The molecule has 0 unspecified atom stereocenters. The van der Waals surface area contributed by atoms with Crippen LogP contribution in [0.25, 0.3) is 0 Å². The second-order valence-electron chi connectivity index (χ2n) is 5.30. The Morgan fingerprint density at radius 3 is 2.87 bits per heavy atom. The molecule has 1 aromatic heterocycles. The molecule has 0 aliphatic carbocycles. The summed E-state index contributed by atoms with van der Waals surface area (Å²) in [6.07, 6.45) is 1.83. The lowest BCUT2D eigenvalue weighted by Crippen LogP contribution is -2.39. The van der Waals surface area contributed by atoms with E-state index >= 15 is 0 Å². The fraction of sp³-hybridized carbons (Fsp3) is 0.412. The van der Waals surface area contributed by atoms with Gasteiger partial charge in [0.05, 0.1) is 17.2 Å². The van der Waals surface area contributed by atoms with Crippen molar-refractivity contribution in [3.05, 3.63) is 50.9 Å². The second-order valence-corrected chi connectivity index (χ2v) is 6.68. The zero-order valence-electron chi connectivity index (χ0n) is 13.5. The van der Waals surface area contributed by atoms with Gasteiger partial charge in [-0.1, -0.05) is 37.6 Å². The van der Waals surface area contributed by atoms with Crippen LogP contribution in [0.15, 0.2) is 29.6 Å². The number of aryl methyl sites for hydroxylation is 1. The Morgan fingerprint density at radius 2 is 2.22 bits per heavy atom. The van der Waals surface area contributed by atoms with Gasteiger partial charge in [-0.25, -0.2) is 9.78 Å². The highest BCUT2D eigenvalue weighted by atomic mass is 35.5. The third-order valence-corrected chi connectivity index (χ3v) is 4.64. The van der Waals surface area contributed by atoms with Crippen molar-refractivity contribution >= 4 is 29.0 Å². The maximum Gasteiger partial charge on any atom is 0.318 e. The molecule has 0 atom stereocenters. The molecule has 2 amide bonds. The van der Waals surface area contributed by atoms with Gasteiger partial charge in [0.15, 0.2) is 0 Å². The summed E-state index contributed by atoms with van der Waals surface area (Å²) in [5.74, 6) is 0. The zero-order valence-corrected chi connectivity index (χ0v) is 15.1. The first kappa shape index (κ1) is 17.8. The van der Waals surface area contributed by atoms with E-state index < -0.39 is 0 Å². The number of carbonyl (C=O) groups excluding carboxylic acids is 1. The molecule has 0 aliphatic heterocycles. The van der Waals surface area contributed by atoms with E-state index in [1.165, 1.54) is 0 Å². The summed E-state index contributed by atoms with van der Waals surface area (Å²) in [7, 11) is 0. The Bertz CT molecular complexity index is 644. The van der Waals surface area contributed by atoms with Crippen LogP contribution in [0.3, 0.4) is 0 Å². The van der Waals surface area contributed by atoms with E-state index in [4.69, 9.17) is 11.6 Å². The van der Waals surface area contributed by atoms with Gasteiger partial charge in [0.1, 0.15) is 0 Å². The summed E-state index contributed by atoms with van der Waals surface area (Å²) in [6, 6.07) is 7.54. The Labute approximate surface area is 146 Å². The summed E-state index contributed by atoms with van der Waals surface area (Å²) < 4.78 is 0. The molecule has 23 heavy (non-hydrogen) atoms. The van der Waals surface area contributed by atoms with Crippen molar-refractivity contribution in [2.75, 3.05) is 6.54 Å². The Morgan fingerprint density at radius 1 is 1.39 bits per heavy atom. The quantitative estimate of drug-likeness (QED) is 0.799. The SMILES string of the molecule is CCCN(Cc1cccc(Cl)c1)C(=O)NCc1csc(CC)n1. The zero-order chi connectivity index (χ0) is 16.7. The molecular formula is C17H22ClN3OS. The van der Waals surface area contributed by atoms with Gasteiger partial charge in [-0.15, -0.1) is 11.3 Å². The van der Waals surface area contributed by atoms with Crippen molar-refractivity contribution in [2.45, 2.75) is 39.8 Å². The minimum absolute atomic E-state index is 0.0714. The van der Waals surface area contributed by atoms with E-state index in [0.29, 0.717) is 24.7 Å². The van der Waals surface area contributed by atoms with Crippen LogP contribution in [0.2, 0.25) is 5.02 Å². The monoisotopic (exact) mass is 351 g/mol. The van der Waals surface area contributed by atoms with Crippen LogP contribution in [-0.4, -0.2) is 22.5 Å². The normalized spacial score (nSPS) is 10.6. The molecule has 0 saturated heterocycles. The van der Waals surface area contributed by atoms with Gasteiger partial charge in [-0.05, 0) is 30.5 Å². The van der Waals surface area contributed by atoms with Gasteiger partial charge in [-0.3, -0.25) is 0 Å². The summed E-state index contributed by atoms with van der Waals surface area (Å²) in [5, 5.41) is 6.74. The molecule has 124 valence electrons.